The molecule has 1 aliphatic carbocycles. The van der Waals surface area contributed by atoms with Crippen LogP contribution in [-0.4, -0.2) is 6.17 Å². The fraction of sp³-hybridized carbons (Fsp3) is 0.111. The highest BCUT2D eigenvalue weighted by Crippen LogP contribution is 2.44. The molecule has 3 unspecified atom stereocenters. The smallest absolute Gasteiger partial charge is 0.143 e. The molecule has 3 N–H and O–H groups in total. The maximum Gasteiger partial charge on any atom is 0.143 e. The Balaban J connectivity index is 1.01. The van der Waals surface area contributed by atoms with E-state index < -0.39 is 0 Å². The lowest BCUT2D eigenvalue weighted by Gasteiger charge is -2.41. The van der Waals surface area contributed by atoms with Gasteiger partial charge in [0.25, 0.3) is 0 Å². The molecule has 9 aromatic rings. The van der Waals surface area contributed by atoms with Crippen LogP contribution in [0.5, 0.6) is 0 Å². The summed E-state index contributed by atoms with van der Waals surface area (Å²) in [7, 11) is 0. The summed E-state index contributed by atoms with van der Waals surface area (Å²) in [5.74, 6) is 1.07. The summed E-state index contributed by atoms with van der Waals surface area (Å²) in [5.41, 5.74) is 10.0. The highest BCUT2D eigenvalue weighted by atomic mass is 32.1. The lowest BCUT2D eigenvalue weighted by atomic mass is 9.91. The predicted molar refractivity (Wildman–Crippen MR) is 210 cm³/mol. The standard InChI is InChI=1S/C45H33N3O2S/c1-2-11-26(12-3-1)43-46-44(48-45(47-43)35-19-10-22-38-40(35)34-14-5-7-21-37(34)49-38)27-23-24-29-32-17-9-18-33(42(32)51-39(29)25-27)31-16-8-15-30-28-13-4-6-20-36(28)50-41(30)31/h1-9,11-21,23-25,43-48H,10,22H2. The molecule has 0 saturated carbocycles. The van der Waals surface area contributed by atoms with Crippen LogP contribution < -0.4 is 16.0 Å². The first kappa shape index (κ1) is 29.3. The van der Waals surface area contributed by atoms with Crippen LogP contribution in [-0.2, 0) is 6.42 Å². The molecule has 11 rings (SSSR count). The summed E-state index contributed by atoms with van der Waals surface area (Å²) in [6.45, 7) is 0. The highest BCUT2D eigenvalue weighted by Gasteiger charge is 2.34. The van der Waals surface area contributed by atoms with E-state index in [9.17, 15) is 0 Å². The van der Waals surface area contributed by atoms with E-state index in [1.807, 2.05) is 17.4 Å². The van der Waals surface area contributed by atoms with Crippen LogP contribution >= 0.6 is 11.3 Å². The third kappa shape index (κ3) is 4.65. The summed E-state index contributed by atoms with van der Waals surface area (Å²) in [5, 5.41) is 17.8. The normalized spacial score (nSPS) is 19.3. The van der Waals surface area contributed by atoms with Crippen LogP contribution in [0, 0.1) is 0 Å². The van der Waals surface area contributed by atoms with Crippen LogP contribution in [0.1, 0.15) is 41.2 Å². The molecule has 0 bridgehead atoms. The third-order valence-electron chi connectivity index (χ3n) is 10.7. The summed E-state index contributed by atoms with van der Waals surface area (Å²) >= 11 is 1.86. The van der Waals surface area contributed by atoms with Gasteiger partial charge in [-0.05, 0) is 41.3 Å². The molecule has 1 aliphatic heterocycles. The van der Waals surface area contributed by atoms with Crippen molar-refractivity contribution in [2.45, 2.75) is 31.3 Å². The van der Waals surface area contributed by atoms with Gasteiger partial charge in [-0.25, -0.2) is 0 Å². The molecule has 6 heteroatoms. The van der Waals surface area contributed by atoms with E-state index in [0.29, 0.717) is 0 Å². The van der Waals surface area contributed by atoms with E-state index in [0.717, 1.165) is 51.7 Å². The minimum Gasteiger partial charge on any atom is -0.460 e. The van der Waals surface area contributed by atoms with Crippen LogP contribution in [0.4, 0.5) is 0 Å². The zero-order valence-corrected chi connectivity index (χ0v) is 28.5. The molecule has 0 radical (unpaired) electrons. The van der Waals surface area contributed by atoms with Crippen molar-refractivity contribution in [1.82, 2.24) is 16.0 Å². The lowest BCUT2D eigenvalue weighted by molar-refractivity contribution is 0.233. The molecule has 0 amide bonds. The Labute approximate surface area is 298 Å². The van der Waals surface area contributed by atoms with E-state index in [2.05, 4.69) is 149 Å². The Hall–Kier alpha value is -5.50. The number of hydrogen-bond acceptors (Lipinski definition) is 6. The second-order valence-corrected chi connectivity index (χ2v) is 14.7. The summed E-state index contributed by atoms with van der Waals surface area (Å²) in [6, 6.07) is 47.5. The molecule has 2 aliphatic rings. The Morgan fingerprint density at radius 2 is 1.22 bits per heavy atom. The number of furan rings is 2. The minimum atomic E-state index is -0.0933. The molecular weight excluding hydrogens is 647 g/mol. The molecule has 1 saturated heterocycles. The number of para-hydroxylation sites is 3. The highest BCUT2D eigenvalue weighted by molar-refractivity contribution is 7.26. The van der Waals surface area contributed by atoms with Gasteiger partial charge in [0.05, 0.1) is 18.5 Å². The van der Waals surface area contributed by atoms with Gasteiger partial charge in [0.15, 0.2) is 0 Å². The third-order valence-corrected chi connectivity index (χ3v) is 11.9. The number of fused-ring (bicyclic) bond motifs is 9. The SMILES string of the molecule is C1=C(C2NC(c3ccccc3)NC(c3ccc4c(c3)sc3c(-c5cccc6c5oc5ccccc56)cccc34)N2)c2c(oc3ccccc23)CC1. The quantitative estimate of drug-likeness (QED) is 0.173. The second-order valence-electron chi connectivity index (χ2n) is 13.6. The molecule has 3 aromatic heterocycles. The first-order valence-electron chi connectivity index (χ1n) is 17.7. The van der Waals surface area contributed by atoms with Gasteiger partial charge >= 0.3 is 0 Å². The molecule has 6 aromatic carbocycles. The number of allylic oxidation sites excluding steroid dienone is 1. The largest absolute Gasteiger partial charge is 0.460 e. The molecule has 1 fully saturated rings. The molecule has 246 valence electrons. The van der Waals surface area contributed by atoms with Crippen molar-refractivity contribution in [1.29, 1.82) is 0 Å². The maximum absolute atomic E-state index is 6.48. The molecule has 51 heavy (non-hydrogen) atoms. The van der Waals surface area contributed by atoms with E-state index in [1.165, 1.54) is 53.4 Å². The molecule has 0 spiro atoms. The number of thiophene rings is 1. The van der Waals surface area contributed by atoms with E-state index in [4.69, 9.17) is 8.83 Å². The van der Waals surface area contributed by atoms with Crippen LogP contribution in [0.25, 0.3) is 69.8 Å². The number of nitrogens with one attached hydrogen (secondary N) is 3. The fourth-order valence-electron chi connectivity index (χ4n) is 8.33. The molecule has 4 heterocycles. The van der Waals surface area contributed by atoms with E-state index in [1.54, 1.807) is 0 Å². The second kappa shape index (κ2) is 11.5. The van der Waals surface area contributed by atoms with Gasteiger partial charge in [-0.15, -0.1) is 11.3 Å². The number of rotatable bonds is 4. The fourth-order valence-corrected chi connectivity index (χ4v) is 9.61. The van der Waals surface area contributed by atoms with Crippen molar-refractivity contribution >= 4 is 70.0 Å². The van der Waals surface area contributed by atoms with Crippen molar-refractivity contribution in [3.05, 3.63) is 162 Å². The Morgan fingerprint density at radius 1 is 0.529 bits per heavy atom. The zero-order chi connectivity index (χ0) is 33.5. The monoisotopic (exact) mass is 679 g/mol. The van der Waals surface area contributed by atoms with Gasteiger partial charge in [0, 0.05) is 59.4 Å². The van der Waals surface area contributed by atoms with E-state index in [-0.39, 0.29) is 18.5 Å². The van der Waals surface area contributed by atoms with Crippen LogP contribution in [0.2, 0.25) is 0 Å². The molecule has 3 atom stereocenters. The maximum atomic E-state index is 6.48. The van der Waals surface area contributed by atoms with Gasteiger partial charge in [0.1, 0.15) is 22.5 Å². The molecular formula is C45H33N3O2S. The number of benzene rings is 6. The summed E-state index contributed by atoms with van der Waals surface area (Å²) in [6.07, 6.45) is 4.02. The van der Waals surface area contributed by atoms with E-state index >= 15 is 0 Å². The van der Waals surface area contributed by atoms with Gasteiger partial charge < -0.3 is 8.83 Å². The topological polar surface area (TPSA) is 62.4 Å². The predicted octanol–water partition coefficient (Wildman–Crippen LogP) is 11.2. The Morgan fingerprint density at radius 3 is 2.08 bits per heavy atom. The van der Waals surface area contributed by atoms with Gasteiger partial charge in [0.2, 0.25) is 0 Å². The van der Waals surface area contributed by atoms with Crippen molar-refractivity contribution < 1.29 is 8.83 Å². The average molecular weight is 680 g/mol. The van der Waals surface area contributed by atoms with Crippen molar-refractivity contribution in [3.63, 3.8) is 0 Å². The zero-order valence-electron chi connectivity index (χ0n) is 27.7. The van der Waals surface area contributed by atoms with Gasteiger partial charge in [-0.3, -0.25) is 16.0 Å². The summed E-state index contributed by atoms with van der Waals surface area (Å²) in [4.78, 5) is 0. The molecule has 5 nitrogen and oxygen atoms in total. The first-order valence-corrected chi connectivity index (χ1v) is 18.5. The van der Waals surface area contributed by atoms with Gasteiger partial charge in [-0.2, -0.15) is 0 Å². The van der Waals surface area contributed by atoms with Gasteiger partial charge in [-0.1, -0.05) is 121 Å². The van der Waals surface area contributed by atoms with Crippen molar-refractivity contribution in [2.75, 3.05) is 0 Å². The van der Waals surface area contributed by atoms with Crippen LogP contribution in [0.3, 0.4) is 0 Å². The number of aryl methyl sites for hydroxylation is 1. The number of hydrogen-bond donors (Lipinski definition) is 3. The average Bonchev–Trinajstić information content (AvgIpc) is 3.89. The lowest BCUT2D eigenvalue weighted by Crippen LogP contribution is -2.59. The van der Waals surface area contributed by atoms with Crippen molar-refractivity contribution in [3.8, 4) is 11.1 Å². The minimum absolute atomic E-state index is 0.0547. The Kier molecular flexibility index (Phi) is 6.61. The Bertz CT molecular complexity index is 2830. The van der Waals surface area contributed by atoms with Crippen molar-refractivity contribution in [2.24, 2.45) is 0 Å². The van der Waals surface area contributed by atoms with Crippen LogP contribution in [0.15, 0.2) is 148 Å². The first-order chi connectivity index (χ1) is 25.3. The summed E-state index contributed by atoms with van der Waals surface area (Å²) < 4.78 is 15.4.